The van der Waals surface area contributed by atoms with Crippen LogP contribution in [0.4, 0.5) is 0 Å². The fourth-order valence-electron chi connectivity index (χ4n) is 6.49. The van der Waals surface area contributed by atoms with Crippen molar-refractivity contribution in [2.24, 2.45) is 29.2 Å². The molecule has 4 rings (SSSR count). The Kier molecular flexibility index (Phi) is 9.47. The molecule has 2 aliphatic heterocycles. The lowest BCUT2D eigenvalue weighted by Gasteiger charge is -2.33. The van der Waals surface area contributed by atoms with E-state index in [4.69, 9.17) is 30.4 Å². The Morgan fingerprint density at radius 3 is 1.94 bits per heavy atom. The first-order valence-corrected chi connectivity index (χ1v) is 13.2. The van der Waals surface area contributed by atoms with Crippen LogP contribution in [-0.2, 0) is 18.9 Å². The minimum absolute atomic E-state index is 0.0339. The molecule has 4 aliphatic rings. The van der Waals surface area contributed by atoms with Crippen LogP contribution in [0.3, 0.4) is 0 Å². The topological polar surface area (TPSA) is 89.0 Å². The highest BCUT2D eigenvalue weighted by Crippen LogP contribution is 2.37. The summed E-state index contributed by atoms with van der Waals surface area (Å²) >= 11 is 0. The van der Waals surface area contributed by atoms with Gasteiger partial charge in [-0.05, 0) is 63.5 Å². The Hall–Kier alpha value is -0.240. The molecule has 2 saturated carbocycles. The van der Waals surface area contributed by atoms with E-state index >= 15 is 0 Å². The molecule has 4 N–H and O–H groups in total. The van der Waals surface area contributed by atoms with Crippen LogP contribution in [0.5, 0.6) is 0 Å². The monoisotopic (exact) mass is 438 g/mol. The van der Waals surface area contributed by atoms with Crippen LogP contribution >= 0.6 is 0 Å². The maximum atomic E-state index is 6.63. The summed E-state index contributed by atoms with van der Waals surface area (Å²) in [4.78, 5) is 0. The maximum Gasteiger partial charge on any atom is 0.112 e. The third kappa shape index (κ3) is 6.21. The molecule has 31 heavy (non-hydrogen) atoms. The van der Waals surface area contributed by atoms with E-state index in [0.717, 1.165) is 12.8 Å². The van der Waals surface area contributed by atoms with Crippen molar-refractivity contribution < 1.29 is 18.9 Å². The Morgan fingerprint density at radius 1 is 0.710 bits per heavy atom. The minimum Gasteiger partial charge on any atom is -0.377 e. The van der Waals surface area contributed by atoms with Gasteiger partial charge in [-0.3, -0.25) is 0 Å². The van der Waals surface area contributed by atoms with Crippen molar-refractivity contribution in [1.29, 1.82) is 0 Å². The average molecular weight is 439 g/mol. The van der Waals surface area contributed by atoms with E-state index in [-0.39, 0.29) is 30.5 Å². The van der Waals surface area contributed by atoms with Crippen LogP contribution in [0.25, 0.3) is 0 Å². The smallest absolute Gasteiger partial charge is 0.112 e. The second kappa shape index (κ2) is 12.3. The number of hydrogen-bond acceptors (Lipinski definition) is 6. The highest BCUT2D eigenvalue weighted by molar-refractivity contribution is 4.96. The van der Waals surface area contributed by atoms with Crippen LogP contribution in [0.2, 0.25) is 0 Å². The van der Waals surface area contributed by atoms with Crippen molar-refractivity contribution in [3.05, 3.63) is 0 Å². The summed E-state index contributed by atoms with van der Waals surface area (Å²) in [5.41, 5.74) is 11.8. The largest absolute Gasteiger partial charge is 0.377 e. The van der Waals surface area contributed by atoms with Crippen LogP contribution < -0.4 is 11.5 Å². The lowest BCUT2D eigenvalue weighted by molar-refractivity contribution is -0.0969. The van der Waals surface area contributed by atoms with Gasteiger partial charge in [0, 0.05) is 5.92 Å². The van der Waals surface area contributed by atoms with Crippen LogP contribution in [0, 0.1) is 17.8 Å². The van der Waals surface area contributed by atoms with Crippen molar-refractivity contribution in [2.45, 2.75) is 108 Å². The molecule has 180 valence electrons. The molecule has 0 aromatic carbocycles. The fourth-order valence-corrected chi connectivity index (χ4v) is 6.49. The van der Waals surface area contributed by atoms with E-state index in [1.807, 2.05) is 0 Å². The number of fused-ring (bicyclic) bond motifs is 1. The van der Waals surface area contributed by atoms with Gasteiger partial charge in [0.15, 0.2) is 0 Å². The molecule has 0 aromatic heterocycles. The minimum atomic E-state index is 0.0339. The molecule has 4 fully saturated rings. The van der Waals surface area contributed by atoms with Gasteiger partial charge >= 0.3 is 0 Å². The zero-order chi connectivity index (χ0) is 21.5. The Morgan fingerprint density at radius 2 is 1.29 bits per heavy atom. The fraction of sp³-hybridized carbons (Fsp3) is 1.00. The molecular weight excluding hydrogens is 392 g/mol. The quantitative estimate of drug-likeness (QED) is 0.514. The molecule has 0 spiro atoms. The van der Waals surface area contributed by atoms with Crippen molar-refractivity contribution in [3.8, 4) is 0 Å². The SMILES string of the molecule is NCCC(OC[C@@H]1COC2C1OC[C@@H]2OC(CCN)C1CCCCC1)C1CCCCC1. The summed E-state index contributed by atoms with van der Waals surface area (Å²) in [7, 11) is 0. The zero-order valence-electron chi connectivity index (χ0n) is 19.4. The van der Waals surface area contributed by atoms with Gasteiger partial charge in [-0.1, -0.05) is 38.5 Å². The molecule has 2 heterocycles. The maximum absolute atomic E-state index is 6.63. The number of ether oxygens (including phenoxy) is 4. The standard InChI is InChI=1S/C25H46N2O4/c26-13-11-21(18-7-3-1-4-8-18)28-15-20-16-29-25-23(17-30-24(20)25)31-22(12-14-27)19-9-5-2-6-10-19/h18-25H,1-17,26-27H2/t20-,21?,22?,23+,24?,25?/m1/s1. The first-order valence-electron chi connectivity index (χ1n) is 13.2. The first kappa shape index (κ1) is 23.9. The molecule has 6 nitrogen and oxygen atoms in total. The molecule has 2 aliphatic carbocycles. The molecular formula is C25H46N2O4. The third-order valence-electron chi connectivity index (χ3n) is 8.24. The van der Waals surface area contributed by atoms with Crippen molar-refractivity contribution >= 4 is 0 Å². The third-order valence-corrected chi connectivity index (χ3v) is 8.24. The first-order chi connectivity index (χ1) is 15.3. The Labute approximate surface area is 189 Å². The van der Waals surface area contributed by atoms with Gasteiger partial charge in [0.2, 0.25) is 0 Å². The zero-order valence-corrected chi connectivity index (χ0v) is 19.4. The molecule has 6 atom stereocenters. The second-order valence-electron chi connectivity index (χ2n) is 10.4. The van der Waals surface area contributed by atoms with Gasteiger partial charge in [-0.2, -0.15) is 0 Å². The summed E-state index contributed by atoms with van der Waals surface area (Å²) in [6.45, 7) is 3.44. The van der Waals surface area contributed by atoms with E-state index in [0.29, 0.717) is 50.7 Å². The van der Waals surface area contributed by atoms with Gasteiger partial charge < -0.3 is 30.4 Å². The van der Waals surface area contributed by atoms with Gasteiger partial charge in [0.1, 0.15) is 12.2 Å². The van der Waals surface area contributed by atoms with Gasteiger partial charge in [-0.25, -0.2) is 0 Å². The van der Waals surface area contributed by atoms with E-state index in [9.17, 15) is 0 Å². The Bertz CT molecular complexity index is 510. The summed E-state index contributed by atoms with van der Waals surface area (Å²) in [6, 6.07) is 0. The predicted molar refractivity (Wildman–Crippen MR) is 122 cm³/mol. The molecule has 6 heteroatoms. The predicted octanol–water partition coefficient (Wildman–Crippen LogP) is 3.40. The molecule has 0 aromatic rings. The molecule has 2 saturated heterocycles. The van der Waals surface area contributed by atoms with Crippen molar-refractivity contribution in [2.75, 3.05) is 32.9 Å². The van der Waals surface area contributed by atoms with Crippen LogP contribution in [0.15, 0.2) is 0 Å². The van der Waals surface area contributed by atoms with E-state index in [1.54, 1.807) is 0 Å². The average Bonchev–Trinajstić information content (AvgIpc) is 3.40. The van der Waals surface area contributed by atoms with Crippen molar-refractivity contribution in [1.82, 2.24) is 0 Å². The molecule has 4 unspecified atom stereocenters. The Balaban J connectivity index is 1.27. The summed E-state index contributed by atoms with van der Waals surface area (Å²) in [6.07, 6.45) is 15.8. The van der Waals surface area contributed by atoms with Crippen LogP contribution in [0.1, 0.15) is 77.0 Å². The number of nitrogens with two attached hydrogens (primary N) is 2. The van der Waals surface area contributed by atoms with E-state index in [2.05, 4.69) is 0 Å². The lowest BCUT2D eigenvalue weighted by Crippen LogP contribution is -2.39. The van der Waals surface area contributed by atoms with Crippen molar-refractivity contribution in [3.63, 3.8) is 0 Å². The van der Waals surface area contributed by atoms with Gasteiger partial charge in [0.25, 0.3) is 0 Å². The second-order valence-corrected chi connectivity index (χ2v) is 10.4. The summed E-state index contributed by atoms with van der Waals surface area (Å²) in [5, 5.41) is 0. The number of rotatable bonds is 11. The van der Waals surface area contributed by atoms with E-state index < -0.39 is 0 Å². The van der Waals surface area contributed by atoms with Gasteiger partial charge in [0.05, 0.1) is 38.1 Å². The van der Waals surface area contributed by atoms with Crippen LogP contribution in [-0.4, -0.2) is 63.4 Å². The highest BCUT2D eigenvalue weighted by Gasteiger charge is 2.49. The molecule has 0 amide bonds. The summed E-state index contributed by atoms with van der Waals surface area (Å²) < 4.78 is 25.5. The normalized spacial score (nSPS) is 34.6. The molecule has 0 bridgehead atoms. The highest BCUT2D eigenvalue weighted by atomic mass is 16.6. The van der Waals surface area contributed by atoms with Gasteiger partial charge in [-0.15, -0.1) is 0 Å². The molecule has 0 radical (unpaired) electrons. The number of hydrogen-bond donors (Lipinski definition) is 2. The summed E-state index contributed by atoms with van der Waals surface area (Å²) in [5.74, 6) is 1.61. The lowest BCUT2D eigenvalue weighted by atomic mass is 9.84. The van der Waals surface area contributed by atoms with E-state index in [1.165, 1.54) is 64.2 Å².